The van der Waals surface area contributed by atoms with Gasteiger partial charge in [-0.3, -0.25) is 19.4 Å². The minimum absolute atomic E-state index is 0.203. The minimum atomic E-state index is -0.457. The number of nitrogens with one attached hydrogen (secondary N) is 3. The van der Waals surface area contributed by atoms with E-state index in [9.17, 15) is 9.59 Å². The third kappa shape index (κ3) is 3.86. The summed E-state index contributed by atoms with van der Waals surface area (Å²) in [5.41, 5.74) is 3.31. The van der Waals surface area contributed by atoms with Crippen molar-refractivity contribution in [3.8, 4) is 0 Å². The molecule has 0 aliphatic carbocycles. The Hall–Kier alpha value is -3.94. The second-order valence-electron chi connectivity index (χ2n) is 6.81. The first-order chi connectivity index (χ1) is 14.0. The van der Waals surface area contributed by atoms with Crippen LogP contribution >= 0.6 is 0 Å². The summed E-state index contributed by atoms with van der Waals surface area (Å²) in [7, 11) is 0. The highest BCUT2D eigenvalue weighted by Gasteiger charge is 2.17. The number of carbonyl (C=O) groups excluding carboxylic acids is 2. The Balaban J connectivity index is 1.49. The van der Waals surface area contributed by atoms with Crippen molar-refractivity contribution in [1.82, 2.24) is 20.0 Å². The molecule has 1 atom stereocenters. The molecule has 0 saturated heterocycles. The molecule has 4 rings (SSSR count). The summed E-state index contributed by atoms with van der Waals surface area (Å²) in [6, 6.07) is 14.1. The maximum Gasteiger partial charge on any atom is 0.276 e. The van der Waals surface area contributed by atoms with Crippen molar-refractivity contribution in [2.24, 2.45) is 0 Å². The third-order valence-corrected chi connectivity index (χ3v) is 4.62. The molecular weight excluding hydrogens is 368 g/mol. The van der Waals surface area contributed by atoms with Gasteiger partial charge >= 0.3 is 0 Å². The first-order valence-corrected chi connectivity index (χ1v) is 9.17. The van der Waals surface area contributed by atoms with E-state index in [-0.39, 0.29) is 11.8 Å². The van der Waals surface area contributed by atoms with E-state index in [1.807, 2.05) is 25.1 Å². The molecule has 0 fully saturated rings. The van der Waals surface area contributed by atoms with Crippen LogP contribution in [-0.4, -0.2) is 31.8 Å². The molecule has 1 unspecified atom stereocenters. The molecule has 2 amide bonds. The monoisotopic (exact) mass is 388 g/mol. The molecule has 0 radical (unpaired) electrons. The van der Waals surface area contributed by atoms with Gasteiger partial charge in [-0.15, -0.1) is 0 Å². The lowest BCUT2D eigenvalue weighted by Crippen LogP contribution is -2.24. The number of benzene rings is 2. The standard InChI is InChI=1S/C21H20N6O2/c1-13-7-8-18-17(11-13)19(26-25-18)21(29)24-16-6-3-5-15(12-16)23-20(28)14(2)27-10-4-9-22-27/h3-12,14H,1-2H3,(H,23,28)(H,24,29)(H,25,26). The molecule has 0 saturated carbocycles. The smallest absolute Gasteiger partial charge is 0.276 e. The number of hydrogen-bond donors (Lipinski definition) is 3. The lowest BCUT2D eigenvalue weighted by Gasteiger charge is -2.13. The Bertz CT molecular complexity index is 1180. The molecule has 8 heteroatoms. The van der Waals surface area contributed by atoms with Gasteiger partial charge in [0, 0.05) is 29.2 Å². The highest BCUT2D eigenvalue weighted by Crippen LogP contribution is 2.21. The molecule has 2 aromatic carbocycles. The molecule has 29 heavy (non-hydrogen) atoms. The van der Waals surface area contributed by atoms with Crippen molar-refractivity contribution in [2.75, 3.05) is 10.6 Å². The van der Waals surface area contributed by atoms with Crippen molar-refractivity contribution in [1.29, 1.82) is 0 Å². The molecule has 0 spiro atoms. The predicted molar refractivity (Wildman–Crippen MR) is 111 cm³/mol. The number of anilines is 2. The number of aryl methyl sites for hydroxylation is 1. The van der Waals surface area contributed by atoms with Crippen LogP contribution in [0.5, 0.6) is 0 Å². The lowest BCUT2D eigenvalue weighted by molar-refractivity contribution is -0.119. The van der Waals surface area contributed by atoms with Crippen molar-refractivity contribution in [3.05, 3.63) is 72.2 Å². The third-order valence-electron chi connectivity index (χ3n) is 4.62. The molecule has 0 bridgehead atoms. The number of aromatic amines is 1. The van der Waals surface area contributed by atoms with E-state index in [2.05, 4.69) is 25.9 Å². The number of amides is 2. The van der Waals surface area contributed by atoms with Gasteiger partial charge in [-0.1, -0.05) is 17.7 Å². The highest BCUT2D eigenvalue weighted by atomic mass is 16.2. The number of fused-ring (bicyclic) bond motifs is 1. The van der Waals surface area contributed by atoms with Gasteiger partial charge < -0.3 is 10.6 Å². The first-order valence-electron chi connectivity index (χ1n) is 9.17. The van der Waals surface area contributed by atoms with Gasteiger partial charge in [-0.05, 0) is 50.2 Å². The van der Waals surface area contributed by atoms with E-state index in [0.717, 1.165) is 16.5 Å². The Morgan fingerprint density at radius 2 is 1.86 bits per heavy atom. The van der Waals surface area contributed by atoms with Crippen molar-refractivity contribution >= 4 is 34.1 Å². The molecule has 2 aromatic heterocycles. The fraction of sp³-hybridized carbons (Fsp3) is 0.143. The zero-order chi connectivity index (χ0) is 20.4. The summed E-state index contributed by atoms with van der Waals surface area (Å²) in [5.74, 6) is -0.527. The zero-order valence-electron chi connectivity index (χ0n) is 16.0. The minimum Gasteiger partial charge on any atom is -0.324 e. The van der Waals surface area contributed by atoms with Crippen LogP contribution < -0.4 is 10.6 Å². The Labute approximate surface area is 166 Å². The second kappa shape index (κ2) is 7.59. The van der Waals surface area contributed by atoms with Gasteiger partial charge in [0.1, 0.15) is 6.04 Å². The highest BCUT2D eigenvalue weighted by molar-refractivity contribution is 6.11. The van der Waals surface area contributed by atoms with E-state index in [0.29, 0.717) is 17.1 Å². The van der Waals surface area contributed by atoms with E-state index in [1.54, 1.807) is 54.3 Å². The average molecular weight is 388 g/mol. The first kappa shape index (κ1) is 18.4. The van der Waals surface area contributed by atoms with Gasteiger partial charge in [-0.2, -0.15) is 10.2 Å². The predicted octanol–water partition coefficient (Wildman–Crippen LogP) is 3.52. The van der Waals surface area contributed by atoms with Gasteiger partial charge in [0.15, 0.2) is 5.69 Å². The number of rotatable bonds is 5. The van der Waals surface area contributed by atoms with Crippen molar-refractivity contribution < 1.29 is 9.59 Å². The molecule has 0 aliphatic rings. The average Bonchev–Trinajstić information content (AvgIpc) is 3.37. The maximum atomic E-state index is 12.7. The quantitative estimate of drug-likeness (QED) is 0.486. The summed E-state index contributed by atoms with van der Waals surface area (Å²) >= 11 is 0. The zero-order valence-corrected chi connectivity index (χ0v) is 16.0. The van der Waals surface area contributed by atoms with Crippen molar-refractivity contribution in [3.63, 3.8) is 0 Å². The van der Waals surface area contributed by atoms with Crippen LogP contribution in [0.15, 0.2) is 60.9 Å². The van der Waals surface area contributed by atoms with Gasteiger partial charge in [0.05, 0.1) is 5.52 Å². The van der Waals surface area contributed by atoms with Gasteiger partial charge in [0.2, 0.25) is 5.91 Å². The normalized spacial score (nSPS) is 11.9. The van der Waals surface area contributed by atoms with E-state index in [1.165, 1.54) is 0 Å². The van der Waals surface area contributed by atoms with Crippen LogP contribution in [0, 0.1) is 6.92 Å². The summed E-state index contributed by atoms with van der Waals surface area (Å²) in [4.78, 5) is 25.1. The maximum absolute atomic E-state index is 12.7. The fourth-order valence-electron chi connectivity index (χ4n) is 3.04. The number of hydrogen-bond acceptors (Lipinski definition) is 4. The van der Waals surface area contributed by atoms with Crippen LogP contribution in [0.2, 0.25) is 0 Å². The van der Waals surface area contributed by atoms with Gasteiger partial charge in [0.25, 0.3) is 5.91 Å². The Morgan fingerprint density at radius 3 is 2.62 bits per heavy atom. The van der Waals surface area contributed by atoms with E-state index >= 15 is 0 Å². The van der Waals surface area contributed by atoms with Crippen LogP contribution in [-0.2, 0) is 4.79 Å². The SMILES string of the molecule is Cc1ccc2[nH]nc(C(=O)Nc3cccc(NC(=O)C(C)n4cccn4)c3)c2c1. The number of aromatic nitrogens is 4. The van der Waals surface area contributed by atoms with E-state index in [4.69, 9.17) is 0 Å². The molecule has 4 aromatic rings. The largest absolute Gasteiger partial charge is 0.324 e. The van der Waals surface area contributed by atoms with Crippen LogP contribution in [0.4, 0.5) is 11.4 Å². The summed E-state index contributed by atoms with van der Waals surface area (Å²) in [6.07, 6.45) is 3.36. The Kier molecular flexibility index (Phi) is 4.82. The molecular formula is C21H20N6O2. The molecule has 8 nitrogen and oxygen atoms in total. The number of carbonyl (C=O) groups is 2. The van der Waals surface area contributed by atoms with E-state index < -0.39 is 6.04 Å². The number of H-pyrrole nitrogens is 1. The fourth-order valence-corrected chi connectivity index (χ4v) is 3.04. The van der Waals surface area contributed by atoms with Crippen LogP contribution in [0.3, 0.4) is 0 Å². The summed E-state index contributed by atoms with van der Waals surface area (Å²) in [6.45, 7) is 3.73. The topological polar surface area (TPSA) is 105 Å². The lowest BCUT2D eigenvalue weighted by atomic mass is 10.1. The molecule has 0 aliphatic heterocycles. The summed E-state index contributed by atoms with van der Waals surface area (Å²) in [5, 5.41) is 17.5. The molecule has 146 valence electrons. The van der Waals surface area contributed by atoms with Crippen molar-refractivity contribution in [2.45, 2.75) is 19.9 Å². The van der Waals surface area contributed by atoms with Crippen LogP contribution in [0.25, 0.3) is 10.9 Å². The van der Waals surface area contributed by atoms with Crippen LogP contribution in [0.1, 0.15) is 29.0 Å². The Morgan fingerprint density at radius 1 is 1.07 bits per heavy atom. The molecule has 2 heterocycles. The summed E-state index contributed by atoms with van der Waals surface area (Å²) < 4.78 is 1.58. The number of nitrogens with zero attached hydrogens (tertiary/aromatic N) is 3. The van der Waals surface area contributed by atoms with Gasteiger partial charge in [-0.25, -0.2) is 0 Å². The second-order valence-corrected chi connectivity index (χ2v) is 6.81. The molecule has 3 N–H and O–H groups in total.